The fourth-order valence-corrected chi connectivity index (χ4v) is 2.04. The van der Waals surface area contributed by atoms with E-state index >= 15 is 0 Å². The number of hydrogen-bond acceptors (Lipinski definition) is 4. The molecule has 2 atom stereocenters. The molecule has 0 aliphatic heterocycles. The fourth-order valence-electron chi connectivity index (χ4n) is 2.04. The average molecular weight is 235 g/mol. The molecule has 17 heavy (non-hydrogen) atoms. The lowest BCUT2D eigenvalue weighted by Crippen LogP contribution is -2.49. The SMILES string of the molecule is C=C(C)C1=C(N)C(N)C(N)C(OC)=C1/C=C/C. The lowest BCUT2D eigenvalue weighted by molar-refractivity contribution is 0.252. The highest BCUT2D eigenvalue weighted by Gasteiger charge is 2.32. The van der Waals surface area contributed by atoms with Crippen LogP contribution in [0, 0.1) is 0 Å². The molecule has 4 heteroatoms. The number of ether oxygens (including phenoxy) is 1. The van der Waals surface area contributed by atoms with Crippen molar-refractivity contribution in [3.05, 3.63) is 46.9 Å². The molecule has 6 N–H and O–H groups in total. The van der Waals surface area contributed by atoms with Crippen molar-refractivity contribution in [1.82, 2.24) is 0 Å². The van der Waals surface area contributed by atoms with Crippen LogP contribution in [0.25, 0.3) is 0 Å². The molecule has 0 saturated carbocycles. The van der Waals surface area contributed by atoms with Gasteiger partial charge in [0.15, 0.2) is 0 Å². The molecule has 0 aromatic carbocycles. The van der Waals surface area contributed by atoms with Gasteiger partial charge in [0.25, 0.3) is 0 Å². The zero-order valence-electron chi connectivity index (χ0n) is 10.7. The second kappa shape index (κ2) is 5.21. The topological polar surface area (TPSA) is 87.3 Å². The van der Waals surface area contributed by atoms with E-state index in [0.29, 0.717) is 11.5 Å². The van der Waals surface area contributed by atoms with Crippen LogP contribution >= 0.6 is 0 Å². The zero-order valence-corrected chi connectivity index (χ0v) is 10.7. The number of rotatable bonds is 3. The summed E-state index contributed by atoms with van der Waals surface area (Å²) in [6.07, 6.45) is 3.83. The summed E-state index contributed by atoms with van der Waals surface area (Å²) in [7, 11) is 1.59. The quantitative estimate of drug-likeness (QED) is 0.679. The lowest BCUT2D eigenvalue weighted by atomic mass is 9.84. The average Bonchev–Trinajstić information content (AvgIpc) is 2.27. The molecule has 0 saturated heterocycles. The van der Waals surface area contributed by atoms with E-state index in [1.165, 1.54) is 0 Å². The van der Waals surface area contributed by atoms with Crippen molar-refractivity contribution in [2.75, 3.05) is 7.11 Å². The maximum atomic E-state index is 6.04. The molecule has 0 aromatic heterocycles. The summed E-state index contributed by atoms with van der Waals surface area (Å²) >= 11 is 0. The summed E-state index contributed by atoms with van der Waals surface area (Å²) in [4.78, 5) is 0. The number of hydrogen-bond donors (Lipinski definition) is 3. The third-order valence-corrected chi connectivity index (χ3v) is 2.85. The molecular formula is C13H21N3O. The largest absolute Gasteiger partial charge is 0.499 e. The fraction of sp³-hybridized carbons (Fsp3) is 0.385. The van der Waals surface area contributed by atoms with E-state index in [2.05, 4.69) is 6.58 Å². The van der Waals surface area contributed by atoms with E-state index in [4.69, 9.17) is 21.9 Å². The van der Waals surface area contributed by atoms with Crippen molar-refractivity contribution in [2.45, 2.75) is 25.9 Å². The van der Waals surface area contributed by atoms with Crippen LogP contribution in [0.3, 0.4) is 0 Å². The summed E-state index contributed by atoms with van der Waals surface area (Å²) in [5, 5.41) is 0. The molecule has 1 aliphatic rings. The Morgan fingerprint density at radius 3 is 2.35 bits per heavy atom. The second-order valence-electron chi connectivity index (χ2n) is 4.14. The smallest absolute Gasteiger partial charge is 0.122 e. The van der Waals surface area contributed by atoms with Crippen molar-refractivity contribution in [2.24, 2.45) is 17.2 Å². The van der Waals surface area contributed by atoms with E-state index in [9.17, 15) is 0 Å². The first-order chi connectivity index (χ1) is 7.95. The Kier molecular flexibility index (Phi) is 4.15. The van der Waals surface area contributed by atoms with Crippen LogP contribution in [-0.4, -0.2) is 19.2 Å². The highest BCUT2D eigenvalue weighted by atomic mass is 16.5. The summed E-state index contributed by atoms with van der Waals surface area (Å²) in [6, 6.07) is -0.861. The van der Waals surface area contributed by atoms with Gasteiger partial charge in [-0.1, -0.05) is 18.7 Å². The van der Waals surface area contributed by atoms with Gasteiger partial charge in [-0.25, -0.2) is 0 Å². The van der Waals surface area contributed by atoms with Gasteiger partial charge in [-0.15, -0.1) is 0 Å². The summed E-state index contributed by atoms with van der Waals surface area (Å²) in [6.45, 7) is 7.75. The van der Waals surface area contributed by atoms with Crippen LogP contribution in [-0.2, 0) is 4.74 Å². The molecule has 0 bridgehead atoms. The van der Waals surface area contributed by atoms with Gasteiger partial charge in [-0.2, -0.15) is 0 Å². The van der Waals surface area contributed by atoms with Gasteiger partial charge in [0.05, 0.1) is 19.2 Å². The highest BCUT2D eigenvalue weighted by Crippen LogP contribution is 2.32. The molecule has 0 radical (unpaired) electrons. The van der Waals surface area contributed by atoms with Crippen LogP contribution in [0.5, 0.6) is 0 Å². The van der Waals surface area contributed by atoms with Crippen molar-refractivity contribution >= 4 is 0 Å². The summed E-state index contributed by atoms with van der Waals surface area (Å²) in [5.41, 5.74) is 21.2. The van der Waals surface area contributed by atoms with E-state index < -0.39 is 12.1 Å². The van der Waals surface area contributed by atoms with E-state index in [1.807, 2.05) is 26.0 Å². The Labute approximate surface area is 102 Å². The molecular weight excluding hydrogens is 214 g/mol. The first kappa shape index (κ1) is 13.5. The molecule has 4 nitrogen and oxygen atoms in total. The van der Waals surface area contributed by atoms with Crippen LogP contribution in [0.2, 0.25) is 0 Å². The number of allylic oxidation sites excluding steroid dienone is 5. The van der Waals surface area contributed by atoms with Gasteiger partial charge in [0.1, 0.15) is 5.76 Å². The molecule has 0 spiro atoms. The third-order valence-electron chi connectivity index (χ3n) is 2.85. The second-order valence-corrected chi connectivity index (χ2v) is 4.14. The molecule has 1 aliphatic carbocycles. The molecule has 2 unspecified atom stereocenters. The van der Waals surface area contributed by atoms with Gasteiger partial charge >= 0.3 is 0 Å². The normalized spacial score (nSPS) is 25.7. The van der Waals surface area contributed by atoms with Crippen molar-refractivity contribution in [1.29, 1.82) is 0 Å². The van der Waals surface area contributed by atoms with E-state index in [0.717, 1.165) is 16.7 Å². The minimum Gasteiger partial charge on any atom is -0.499 e. The Balaban J connectivity index is 3.49. The predicted octanol–water partition coefficient (Wildman–Crippen LogP) is 0.920. The maximum absolute atomic E-state index is 6.04. The van der Waals surface area contributed by atoms with Gasteiger partial charge in [0, 0.05) is 16.8 Å². The summed E-state index contributed by atoms with van der Waals surface area (Å²) < 4.78 is 5.36. The van der Waals surface area contributed by atoms with E-state index in [1.54, 1.807) is 7.11 Å². The first-order valence-corrected chi connectivity index (χ1v) is 5.53. The molecule has 0 heterocycles. The van der Waals surface area contributed by atoms with Crippen molar-refractivity contribution < 1.29 is 4.74 Å². The Morgan fingerprint density at radius 2 is 1.94 bits per heavy atom. The van der Waals surface area contributed by atoms with Crippen molar-refractivity contribution in [3.63, 3.8) is 0 Å². The van der Waals surface area contributed by atoms with Gasteiger partial charge < -0.3 is 21.9 Å². The predicted molar refractivity (Wildman–Crippen MR) is 70.8 cm³/mol. The standard InChI is InChI=1S/C13H21N3O/c1-5-6-8-9(7(2)3)10(14)11(15)12(16)13(8)17-4/h5-6,11-12H,2,14-16H2,1,3-4H3/b6-5+. The van der Waals surface area contributed by atoms with Gasteiger partial charge in [0.2, 0.25) is 0 Å². The molecule has 94 valence electrons. The number of methoxy groups -OCH3 is 1. The Bertz CT molecular complexity index is 418. The third kappa shape index (κ3) is 2.28. The Hall–Kier alpha value is -1.52. The van der Waals surface area contributed by atoms with Crippen LogP contribution in [0.4, 0.5) is 0 Å². The maximum Gasteiger partial charge on any atom is 0.122 e. The van der Waals surface area contributed by atoms with Gasteiger partial charge in [-0.3, -0.25) is 0 Å². The molecule has 0 amide bonds. The molecule has 0 fully saturated rings. The first-order valence-electron chi connectivity index (χ1n) is 5.53. The monoisotopic (exact) mass is 235 g/mol. The van der Waals surface area contributed by atoms with Crippen LogP contribution in [0.15, 0.2) is 46.9 Å². The minimum atomic E-state index is -0.439. The van der Waals surface area contributed by atoms with Crippen LogP contribution < -0.4 is 17.2 Å². The summed E-state index contributed by atoms with van der Waals surface area (Å²) in [5.74, 6) is 0.655. The zero-order chi connectivity index (χ0) is 13.2. The van der Waals surface area contributed by atoms with E-state index in [-0.39, 0.29) is 0 Å². The molecule has 0 aromatic rings. The number of nitrogens with two attached hydrogens (primary N) is 3. The Morgan fingerprint density at radius 1 is 1.35 bits per heavy atom. The van der Waals surface area contributed by atoms with Crippen LogP contribution in [0.1, 0.15) is 13.8 Å². The molecule has 1 rings (SSSR count). The highest BCUT2D eigenvalue weighted by molar-refractivity contribution is 5.58. The van der Waals surface area contributed by atoms with Gasteiger partial charge in [-0.05, 0) is 19.4 Å². The van der Waals surface area contributed by atoms with Crippen molar-refractivity contribution in [3.8, 4) is 0 Å². The minimum absolute atomic E-state index is 0.422. The lowest BCUT2D eigenvalue weighted by Gasteiger charge is -2.31.